The molecule has 0 aliphatic rings. The van der Waals surface area contributed by atoms with Gasteiger partial charge >= 0.3 is 5.97 Å². The largest absolute Gasteiger partial charge is 0.480 e. The second-order valence-corrected chi connectivity index (χ2v) is 7.23. The average molecular weight is 333 g/mol. The fourth-order valence-electron chi connectivity index (χ4n) is 2.28. The molecule has 122 valence electrons. The van der Waals surface area contributed by atoms with E-state index < -0.39 is 22.0 Å². The highest BCUT2D eigenvalue weighted by Gasteiger charge is 2.33. The number of sulfonamides is 1. The Balaban J connectivity index is 2.64. The number of aliphatic carboxylic acids is 1. The Morgan fingerprint density at radius 1 is 1.04 bits per heavy atom. The van der Waals surface area contributed by atoms with Crippen LogP contribution in [-0.4, -0.2) is 25.5 Å². The molecule has 1 atom stereocenters. The van der Waals surface area contributed by atoms with Crippen molar-refractivity contribution in [2.75, 3.05) is 4.31 Å². The van der Waals surface area contributed by atoms with Crippen molar-refractivity contribution < 1.29 is 18.3 Å². The molecule has 0 fully saturated rings. The molecule has 0 aliphatic heterocycles. The van der Waals surface area contributed by atoms with E-state index in [0.29, 0.717) is 11.3 Å². The lowest BCUT2D eigenvalue weighted by molar-refractivity contribution is -0.137. The Hall–Kier alpha value is -2.34. The van der Waals surface area contributed by atoms with Crippen molar-refractivity contribution in [2.24, 2.45) is 0 Å². The van der Waals surface area contributed by atoms with Gasteiger partial charge in [-0.15, -0.1) is 0 Å². The van der Waals surface area contributed by atoms with Crippen molar-refractivity contribution in [1.29, 1.82) is 0 Å². The van der Waals surface area contributed by atoms with Crippen LogP contribution in [0.25, 0.3) is 0 Å². The van der Waals surface area contributed by atoms with Gasteiger partial charge in [-0.1, -0.05) is 35.9 Å². The highest BCUT2D eigenvalue weighted by atomic mass is 32.2. The average Bonchev–Trinajstić information content (AvgIpc) is 2.49. The van der Waals surface area contributed by atoms with Crippen LogP contribution in [0.4, 0.5) is 5.69 Å². The number of rotatable bonds is 5. The highest BCUT2D eigenvalue weighted by molar-refractivity contribution is 7.93. The summed E-state index contributed by atoms with van der Waals surface area (Å²) in [5, 5.41) is 9.35. The minimum atomic E-state index is -3.99. The zero-order valence-corrected chi connectivity index (χ0v) is 14.0. The van der Waals surface area contributed by atoms with Crippen molar-refractivity contribution in [1.82, 2.24) is 0 Å². The van der Waals surface area contributed by atoms with E-state index in [2.05, 4.69) is 0 Å². The lowest BCUT2D eigenvalue weighted by atomic mass is 10.2. The molecule has 0 bridgehead atoms. The summed E-state index contributed by atoms with van der Waals surface area (Å²) in [4.78, 5) is 11.5. The van der Waals surface area contributed by atoms with Crippen LogP contribution in [0, 0.1) is 13.8 Å². The first-order valence-corrected chi connectivity index (χ1v) is 8.58. The molecule has 0 saturated heterocycles. The van der Waals surface area contributed by atoms with Gasteiger partial charge < -0.3 is 5.11 Å². The van der Waals surface area contributed by atoms with Gasteiger partial charge in [0, 0.05) is 0 Å². The van der Waals surface area contributed by atoms with Gasteiger partial charge in [0.15, 0.2) is 0 Å². The molecule has 0 heterocycles. The number of carbonyl (C=O) groups is 1. The molecule has 0 aliphatic carbocycles. The lowest BCUT2D eigenvalue weighted by Crippen LogP contribution is -2.43. The summed E-state index contributed by atoms with van der Waals surface area (Å²) in [6.07, 6.45) is 0. The predicted molar refractivity (Wildman–Crippen MR) is 89.1 cm³/mol. The summed E-state index contributed by atoms with van der Waals surface area (Å²) < 4.78 is 27.0. The van der Waals surface area contributed by atoms with Gasteiger partial charge in [-0.05, 0) is 44.5 Å². The van der Waals surface area contributed by atoms with E-state index >= 15 is 0 Å². The van der Waals surface area contributed by atoms with E-state index in [4.69, 9.17) is 0 Å². The normalized spacial score (nSPS) is 12.7. The SMILES string of the molecule is Cc1ccc(S(=O)(=O)N(c2ccccc2C)C(C)C(=O)O)cc1. The van der Waals surface area contributed by atoms with E-state index in [-0.39, 0.29) is 4.90 Å². The summed E-state index contributed by atoms with van der Waals surface area (Å²) in [6, 6.07) is 12.0. The maximum atomic E-state index is 13.0. The summed E-state index contributed by atoms with van der Waals surface area (Å²) in [5.74, 6) is -1.20. The van der Waals surface area contributed by atoms with E-state index in [1.807, 2.05) is 6.92 Å². The summed E-state index contributed by atoms with van der Waals surface area (Å²) in [7, 11) is -3.99. The van der Waals surface area contributed by atoms with Crippen molar-refractivity contribution >= 4 is 21.7 Å². The molecule has 6 heteroatoms. The molecular formula is C17H19NO4S. The molecule has 0 aromatic heterocycles. The molecule has 1 N–H and O–H groups in total. The lowest BCUT2D eigenvalue weighted by Gasteiger charge is -2.29. The minimum absolute atomic E-state index is 0.0689. The molecular weight excluding hydrogens is 314 g/mol. The third kappa shape index (κ3) is 3.37. The minimum Gasteiger partial charge on any atom is -0.480 e. The first kappa shape index (κ1) is 17.0. The van der Waals surface area contributed by atoms with E-state index in [0.717, 1.165) is 9.87 Å². The number of anilines is 1. The van der Waals surface area contributed by atoms with Crippen LogP contribution in [0.3, 0.4) is 0 Å². The van der Waals surface area contributed by atoms with E-state index in [1.54, 1.807) is 43.3 Å². The first-order chi connectivity index (χ1) is 10.7. The van der Waals surface area contributed by atoms with E-state index in [9.17, 15) is 18.3 Å². The fourth-order valence-corrected chi connectivity index (χ4v) is 3.96. The van der Waals surface area contributed by atoms with Crippen LogP contribution in [0.1, 0.15) is 18.1 Å². The Morgan fingerprint density at radius 3 is 2.13 bits per heavy atom. The van der Waals surface area contributed by atoms with Gasteiger partial charge in [0.2, 0.25) is 0 Å². The van der Waals surface area contributed by atoms with Crippen LogP contribution < -0.4 is 4.31 Å². The first-order valence-electron chi connectivity index (χ1n) is 7.14. The summed E-state index contributed by atoms with van der Waals surface area (Å²) in [6.45, 7) is 4.97. The smallest absolute Gasteiger partial charge is 0.327 e. The van der Waals surface area contributed by atoms with E-state index in [1.165, 1.54) is 19.1 Å². The molecule has 0 spiro atoms. The number of benzene rings is 2. The Bertz CT molecular complexity index is 813. The zero-order chi connectivity index (χ0) is 17.2. The zero-order valence-electron chi connectivity index (χ0n) is 13.2. The molecule has 2 aromatic rings. The Morgan fingerprint density at radius 2 is 1.61 bits per heavy atom. The molecule has 23 heavy (non-hydrogen) atoms. The van der Waals surface area contributed by atoms with Crippen LogP contribution in [0.15, 0.2) is 53.4 Å². The van der Waals surface area contributed by atoms with Crippen LogP contribution in [-0.2, 0) is 14.8 Å². The van der Waals surface area contributed by atoms with Crippen molar-refractivity contribution in [2.45, 2.75) is 31.7 Å². The Kier molecular flexibility index (Phi) is 4.75. The second kappa shape index (κ2) is 6.42. The van der Waals surface area contributed by atoms with Crippen LogP contribution >= 0.6 is 0 Å². The van der Waals surface area contributed by atoms with Crippen LogP contribution in [0.2, 0.25) is 0 Å². The fraction of sp³-hybridized carbons (Fsp3) is 0.235. The molecule has 0 saturated carbocycles. The molecule has 2 aromatic carbocycles. The maximum Gasteiger partial charge on any atom is 0.327 e. The van der Waals surface area contributed by atoms with Gasteiger partial charge in [-0.2, -0.15) is 0 Å². The van der Waals surface area contributed by atoms with Crippen LogP contribution in [0.5, 0.6) is 0 Å². The Labute approximate surface area is 136 Å². The maximum absolute atomic E-state index is 13.0. The number of nitrogens with zero attached hydrogens (tertiary/aromatic N) is 1. The number of hydrogen-bond donors (Lipinski definition) is 1. The molecule has 0 amide bonds. The number of para-hydroxylation sites is 1. The summed E-state index contributed by atoms with van der Waals surface area (Å²) in [5.41, 5.74) is 1.98. The van der Waals surface area contributed by atoms with Gasteiger partial charge in [0.1, 0.15) is 6.04 Å². The van der Waals surface area contributed by atoms with Gasteiger partial charge in [-0.25, -0.2) is 13.2 Å². The third-order valence-electron chi connectivity index (χ3n) is 3.64. The van der Waals surface area contributed by atoms with Gasteiger partial charge in [0.05, 0.1) is 10.6 Å². The van der Waals surface area contributed by atoms with Crippen molar-refractivity contribution in [3.8, 4) is 0 Å². The monoisotopic (exact) mass is 333 g/mol. The van der Waals surface area contributed by atoms with Gasteiger partial charge in [0.25, 0.3) is 10.0 Å². The predicted octanol–water partition coefficient (Wildman–Crippen LogP) is 2.97. The standard InChI is InChI=1S/C17H19NO4S/c1-12-8-10-15(11-9-12)23(21,22)18(14(3)17(19)20)16-7-5-4-6-13(16)2/h4-11,14H,1-3H3,(H,19,20). The quantitative estimate of drug-likeness (QED) is 0.913. The van der Waals surface area contributed by atoms with Crippen molar-refractivity contribution in [3.05, 3.63) is 59.7 Å². The summed E-state index contributed by atoms with van der Waals surface area (Å²) >= 11 is 0. The second-order valence-electron chi connectivity index (χ2n) is 5.41. The van der Waals surface area contributed by atoms with Crippen molar-refractivity contribution in [3.63, 3.8) is 0 Å². The molecule has 5 nitrogen and oxygen atoms in total. The number of carboxylic acid groups (broad SMARTS) is 1. The number of aryl methyl sites for hydroxylation is 2. The molecule has 0 radical (unpaired) electrons. The topological polar surface area (TPSA) is 74.7 Å². The molecule has 1 unspecified atom stereocenters. The number of hydrogen-bond acceptors (Lipinski definition) is 3. The third-order valence-corrected chi connectivity index (χ3v) is 5.54. The highest BCUT2D eigenvalue weighted by Crippen LogP contribution is 2.29. The molecule has 2 rings (SSSR count). The number of carboxylic acids is 1. The van der Waals surface area contributed by atoms with Gasteiger partial charge in [-0.3, -0.25) is 4.31 Å².